The summed E-state index contributed by atoms with van der Waals surface area (Å²) in [5.74, 6) is -0.381. The lowest BCUT2D eigenvalue weighted by atomic mass is 10.1. The van der Waals surface area contributed by atoms with Crippen LogP contribution in [0.5, 0.6) is 0 Å². The summed E-state index contributed by atoms with van der Waals surface area (Å²) < 4.78 is 2.66. The number of thiophene rings is 1. The summed E-state index contributed by atoms with van der Waals surface area (Å²) >= 11 is 4.77. The minimum atomic E-state index is -0.557. The molecule has 0 spiro atoms. The number of hydrogen-bond donors (Lipinski definition) is 1. The van der Waals surface area contributed by atoms with Crippen LogP contribution in [-0.2, 0) is 11.4 Å². The molecule has 0 atom stereocenters. The third-order valence-corrected chi connectivity index (χ3v) is 4.41. The van der Waals surface area contributed by atoms with Crippen LogP contribution in [-0.4, -0.2) is 21.6 Å². The summed E-state index contributed by atoms with van der Waals surface area (Å²) in [6.07, 6.45) is 3.57. The van der Waals surface area contributed by atoms with Crippen LogP contribution < -0.4 is 5.73 Å². The molecular formula is C16H13BrN4O2S. The van der Waals surface area contributed by atoms with E-state index in [0.29, 0.717) is 12.1 Å². The number of nitrogens with zero attached hydrogens (tertiary/aromatic N) is 3. The Kier molecular flexibility index (Phi) is 5.07. The lowest BCUT2D eigenvalue weighted by Gasteiger charge is -2.04. The topological polar surface area (TPSA) is 82.5 Å². The Hall–Kier alpha value is -2.45. The highest BCUT2D eigenvalue weighted by Gasteiger charge is 2.09. The summed E-state index contributed by atoms with van der Waals surface area (Å²) in [4.78, 5) is 17.8. The highest BCUT2D eigenvalue weighted by atomic mass is 79.9. The number of carbonyl (C=O) groups is 1. The summed E-state index contributed by atoms with van der Waals surface area (Å²) in [5, 5.41) is 9.75. The van der Waals surface area contributed by atoms with E-state index < -0.39 is 5.97 Å². The average Bonchev–Trinajstić information content (AvgIpc) is 3.24. The van der Waals surface area contributed by atoms with E-state index >= 15 is 0 Å². The van der Waals surface area contributed by atoms with Crippen LogP contribution >= 0.6 is 27.3 Å². The fourth-order valence-corrected chi connectivity index (χ4v) is 2.97. The second-order valence-corrected chi connectivity index (χ2v) is 6.75. The summed E-state index contributed by atoms with van der Waals surface area (Å²) in [7, 11) is 0. The zero-order chi connectivity index (χ0) is 16.9. The van der Waals surface area contributed by atoms with Gasteiger partial charge in [-0.15, -0.1) is 11.3 Å². The first-order valence-corrected chi connectivity index (χ1v) is 8.64. The molecule has 0 amide bonds. The number of oxime groups is 1. The SMILES string of the molecule is N/C(=N\OC(=O)c1cccc(Cn2cc(Br)cn2)c1)c1cccs1. The molecule has 24 heavy (non-hydrogen) atoms. The lowest BCUT2D eigenvalue weighted by Crippen LogP contribution is -2.13. The van der Waals surface area contributed by atoms with E-state index in [0.717, 1.165) is 14.9 Å². The number of benzene rings is 1. The first-order valence-electron chi connectivity index (χ1n) is 6.97. The second kappa shape index (κ2) is 7.41. The zero-order valence-electron chi connectivity index (χ0n) is 12.4. The predicted octanol–water partition coefficient (Wildman–Crippen LogP) is 3.23. The van der Waals surface area contributed by atoms with Crippen LogP contribution in [0.2, 0.25) is 0 Å². The van der Waals surface area contributed by atoms with Gasteiger partial charge in [0.2, 0.25) is 0 Å². The minimum absolute atomic E-state index is 0.177. The van der Waals surface area contributed by atoms with Crippen LogP contribution in [0, 0.1) is 0 Å². The van der Waals surface area contributed by atoms with Gasteiger partial charge >= 0.3 is 5.97 Å². The summed E-state index contributed by atoms with van der Waals surface area (Å²) in [6, 6.07) is 10.8. The van der Waals surface area contributed by atoms with Crippen LogP contribution in [0.1, 0.15) is 20.8 Å². The molecule has 2 N–H and O–H groups in total. The van der Waals surface area contributed by atoms with E-state index in [1.807, 2.05) is 23.7 Å². The van der Waals surface area contributed by atoms with Gasteiger partial charge in [-0.3, -0.25) is 4.68 Å². The van der Waals surface area contributed by atoms with Gasteiger partial charge in [0.05, 0.1) is 27.7 Å². The molecule has 3 rings (SSSR count). The fourth-order valence-electron chi connectivity index (χ4n) is 2.02. The van der Waals surface area contributed by atoms with Crippen molar-refractivity contribution in [3.63, 3.8) is 0 Å². The van der Waals surface area contributed by atoms with Crippen molar-refractivity contribution in [2.75, 3.05) is 0 Å². The molecule has 0 saturated heterocycles. The molecule has 0 radical (unpaired) electrons. The average molecular weight is 405 g/mol. The molecule has 0 bridgehead atoms. The predicted molar refractivity (Wildman–Crippen MR) is 95.9 cm³/mol. The number of aromatic nitrogens is 2. The van der Waals surface area contributed by atoms with E-state index in [4.69, 9.17) is 10.6 Å². The third-order valence-electron chi connectivity index (χ3n) is 3.11. The fraction of sp³-hybridized carbons (Fsp3) is 0.0625. The number of rotatable bonds is 5. The molecule has 1 aromatic carbocycles. The molecule has 0 aliphatic heterocycles. The molecular weight excluding hydrogens is 392 g/mol. The lowest BCUT2D eigenvalue weighted by molar-refractivity contribution is 0.0516. The number of nitrogens with two attached hydrogens (primary N) is 1. The van der Waals surface area contributed by atoms with Crippen molar-refractivity contribution in [3.8, 4) is 0 Å². The van der Waals surface area contributed by atoms with Gasteiger partial charge in [-0.2, -0.15) is 5.10 Å². The van der Waals surface area contributed by atoms with E-state index in [9.17, 15) is 4.79 Å². The zero-order valence-corrected chi connectivity index (χ0v) is 14.8. The van der Waals surface area contributed by atoms with Crippen molar-refractivity contribution < 1.29 is 9.63 Å². The number of amidine groups is 1. The highest BCUT2D eigenvalue weighted by Crippen LogP contribution is 2.12. The molecule has 8 heteroatoms. The third kappa shape index (κ3) is 4.09. The van der Waals surface area contributed by atoms with Crippen LogP contribution in [0.4, 0.5) is 0 Å². The maximum absolute atomic E-state index is 12.1. The van der Waals surface area contributed by atoms with Crippen molar-refractivity contribution >= 4 is 39.1 Å². The first kappa shape index (κ1) is 16.4. The normalized spacial score (nSPS) is 11.5. The Morgan fingerprint density at radius 2 is 2.25 bits per heavy atom. The highest BCUT2D eigenvalue weighted by molar-refractivity contribution is 9.10. The van der Waals surface area contributed by atoms with Gasteiger partial charge in [0, 0.05) is 6.20 Å². The smallest absolute Gasteiger partial charge is 0.365 e. The Labute approximate surface area is 150 Å². The molecule has 122 valence electrons. The molecule has 0 unspecified atom stereocenters. The van der Waals surface area contributed by atoms with Gasteiger partial charge < -0.3 is 10.6 Å². The van der Waals surface area contributed by atoms with E-state index in [1.165, 1.54) is 11.3 Å². The Balaban J connectivity index is 1.69. The van der Waals surface area contributed by atoms with Crippen molar-refractivity contribution in [3.05, 3.63) is 74.6 Å². The maximum atomic E-state index is 12.1. The van der Waals surface area contributed by atoms with Crippen molar-refractivity contribution in [2.45, 2.75) is 6.54 Å². The standard InChI is InChI=1S/C16H13BrN4O2S/c17-13-8-19-21(10-13)9-11-3-1-4-12(7-11)16(22)23-20-15(18)14-5-2-6-24-14/h1-8,10H,9H2,(H2,18,20). The molecule has 2 aromatic heterocycles. The van der Waals surface area contributed by atoms with Gasteiger partial charge in [0.25, 0.3) is 0 Å². The van der Waals surface area contributed by atoms with Crippen molar-refractivity contribution in [2.24, 2.45) is 10.9 Å². The molecule has 0 aliphatic carbocycles. The summed E-state index contributed by atoms with van der Waals surface area (Å²) in [6.45, 7) is 0.549. The summed E-state index contributed by atoms with van der Waals surface area (Å²) in [5.41, 5.74) is 7.10. The maximum Gasteiger partial charge on any atom is 0.365 e. The van der Waals surface area contributed by atoms with Gasteiger partial charge in [0.1, 0.15) is 0 Å². The van der Waals surface area contributed by atoms with E-state index in [2.05, 4.69) is 26.2 Å². The number of carbonyl (C=O) groups excluding carboxylic acids is 1. The minimum Gasteiger partial charge on any atom is -0.380 e. The van der Waals surface area contributed by atoms with Crippen LogP contribution in [0.25, 0.3) is 0 Å². The van der Waals surface area contributed by atoms with E-state index in [-0.39, 0.29) is 5.84 Å². The van der Waals surface area contributed by atoms with Crippen molar-refractivity contribution in [1.82, 2.24) is 9.78 Å². The van der Waals surface area contributed by atoms with Crippen LogP contribution in [0.3, 0.4) is 0 Å². The quantitative estimate of drug-likeness (QED) is 0.306. The van der Waals surface area contributed by atoms with Gasteiger partial charge in [-0.25, -0.2) is 4.79 Å². The molecule has 0 fully saturated rings. The van der Waals surface area contributed by atoms with Crippen LogP contribution in [0.15, 0.2) is 63.8 Å². The largest absolute Gasteiger partial charge is 0.380 e. The first-order chi connectivity index (χ1) is 11.6. The van der Waals surface area contributed by atoms with Crippen molar-refractivity contribution in [1.29, 1.82) is 0 Å². The molecule has 3 aromatic rings. The molecule has 6 nitrogen and oxygen atoms in total. The van der Waals surface area contributed by atoms with Gasteiger partial charge in [-0.1, -0.05) is 23.4 Å². The monoisotopic (exact) mass is 404 g/mol. The Morgan fingerprint density at radius 1 is 1.38 bits per heavy atom. The second-order valence-electron chi connectivity index (χ2n) is 4.89. The molecule has 2 heterocycles. The number of hydrogen-bond acceptors (Lipinski definition) is 5. The Bertz CT molecular complexity index is 874. The Morgan fingerprint density at radius 3 is 2.96 bits per heavy atom. The van der Waals surface area contributed by atoms with E-state index in [1.54, 1.807) is 35.1 Å². The van der Waals surface area contributed by atoms with Gasteiger partial charge in [-0.05, 0) is 45.1 Å². The molecule has 0 saturated carbocycles. The number of halogens is 1. The molecule has 0 aliphatic rings. The van der Waals surface area contributed by atoms with Gasteiger partial charge in [0.15, 0.2) is 5.84 Å².